The third-order valence-corrected chi connectivity index (χ3v) is 3.41. The second-order valence-corrected chi connectivity index (χ2v) is 4.39. The predicted octanol–water partition coefficient (Wildman–Crippen LogP) is 1.57. The molecule has 14 heavy (non-hydrogen) atoms. The largest absolute Gasteiger partial charge is 0.378 e. The Labute approximate surface area is 86.9 Å². The van der Waals surface area contributed by atoms with E-state index in [9.17, 15) is 4.79 Å². The van der Waals surface area contributed by atoms with E-state index >= 15 is 0 Å². The van der Waals surface area contributed by atoms with Gasteiger partial charge in [-0.1, -0.05) is 0 Å². The molecule has 1 atom stereocenters. The van der Waals surface area contributed by atoms with Crippen molar-refractivity contribution in [1.29, 1.82) is 0 Å². The Morgan fingerprint density at radius 1 is 1.71 bits per heavy atom. The minimum absolute atomic E-state index is 0.280. The van der Waals surface area contributed by atoms with E-state index in [1.165, 1.54) is 11.3 Å². The highest BCUT2D eigenvalue weighted by Crippen LogP contribution is 2.22. The van der Waals surface area contributed by atoms with Gasteiger partial charge in [-0.15, -0.1) is 11.3 Å². The summed E-state index contributed by atoms with van der Waals surface area (Å²) in [5, 5.41) is 1.91. The van der Waals surface area contributed by atoms with Crippen molar-refractivity contribution in [3.05, 3.63) is 21.9 Å². The summed E-state index contributed by atoms with van der Waals surface area (Å²) in [7, 11) is 0. The normalized spacial score (nSPS) is 21.3. The van der Waals surface area contributed by atoms with Crippen LogP contribution in [0.5, 0.6) is 0 Å². The number of ether oxygens (including phenoxy) is 1. The molecule has 0 aromatic carbocycles. The fourth-order valence-corrected chi connectivity index (χ4v) is 2.55. The van der Waals surface area contributed by atoms with Crippen LogP contribution < -0.4 is 5.73 Å². The van der Waals surface area contributed by atoms with E-state index in [2.05, 4.69) is 0 Å². The van der Waals surface area contributed by atoms with Crippen molar-refractivity contribution in [2.75, 3.05) is 6.61 Å². The Balaban J connectivity index is 2.07. The van der Waals surface area contributed by atoms with Crippen molar-refractivity contribution in [2.24, 2.45) is 5.73 Å². The van der Waals surface area contributed by atoms with Gasteiger partial charge in [-0.25, -0.2) is 0 Å². The molecule has 1 aliphatic rings. The van der Waals surface area contributed by atoms with Gasteiger partial charge in [0.25, 0.3) is 5.91 Å². The summed E-state index contributed by atoms with van der Waals surface area (Å²) in [5.41, 5.74) is 6.30. The highest BCUT2D eigenvalue weighted by Gasteiger charge is 2.19. The highest BCUT2D eigenvalue weighted by atomic mass is 32.1. The smallest absolute Gasteiger partial charge is 0.259 e. The molecule has 0 aliphatic carbocycles. The lowest BCUT2D eigenvalue weighted by atomic mass is 10.1. The number of carbonyl (C=O) groups is 1. The molecule has 1 amide bonds. The van der Waals surface area contributed by atoms with Gasteiger partial charge < -0.3 is 10.5 Å². The maximum Gasteiger partial charge on any atom is 0.259 e. The van der Waals surface area contributed by atoms with Gasteiger partial charge in [0.05, 0.1) is 11.0 Å². The van der Waals surface area contributed by atoms with Crippen molar-refractivity contribution in [3.63, 3.8) is 0 Å². The van der Waals surface area contributed by atoms with Crippen LogP contribution in [0.25, 0.3) is 0 Å². The molecule has 1 aliphatic heterocycles. The van der Waals surface area contributed by atoms with Crippen molar-refractivity contribution in [2.45, 2.75) is 25.4 Å². The number of carbonyl (C=O) groups excluding carboxylic acids is 1. The first-order chi connectivity index (χ1) is 6.77. The Morgan fingerprint density at radius 2 is 2.57 bits per heavy atom. The third-order valence-electron chi connectivity index (χ3n) is 2.44. The molecular formula is C10H13NO2S. The number of amides is 1. The molecule has 0 bridgehead atoms. The zero-order chi connectivity index (χ0) is 9.97. The highest BCUT2D eigenvalue weighted by molar-refractivity contribution is 7.12. The van der Waals surface area contributed by atoms with E-state index < -0.39 is 0 Å². The molecule has 3 nitrogen and oxygen atoms in total. The van der Waals surface area contributed by atoms with Crippen LogP contribution in [0.4, 0.5) is 0 Å². The lowest BCUT2D eigenvalue weighted by Crippen LogP contribution is -2.15. The maximum atomic E-state index is 11.0. The monoisotopic (exact) mass is 211 g/mol. The molecule has 0 radical (unpaired) electrons. The predicted molar refractivity (Wildman–Crippen MR) is 55.5 cm³/mol. The summed E-state index contributed by atoms with van der Waals surface area (Å²) in [6.07, 6.45) is 3.32. The van der Waals surface area contributed by atoms with Gasteiger partial charge in [0.15, 0.2) is 0 Å². The number of hydrogen-bond acceptors (Lipinski definition) is 3. The number of primary amides is 1. The number of thiophene rings is 1. The van der Waals surface area contributed by atoms with Crippen molar-refractivity contribution in [1.82, 2.24) is 0 Å². The second-order valence-electron chi connectivity index (χ2n) is 3.48. The summed E-state index contributed by atoms with van der Waals surface area (Å²) in [6, 6.07) is 1.96. The Morgan fingerprint density at radius 3 is 3.21 bits per heavy atom. The van der Waals surface area contributed by atoms with Crippen LogP contribution in [-0.4, -0.2) is 18.6 Å². The molecular weight excluding hydrogens is 198 g/mol. The fourth-order valence-electron chi connectivity index (χ4n) is 1.76. The van der Waals surface area contributed by atoms with Gasteiger partial charge in [0.2, 0.25) is 0 Å². The lowest BCUT2D eigenvalue weighted by molar-refractivity contribution is 0.0998. The first-order valence-corrected chi connectivity index (χ1v) is 5.63. The summed E-state index contributed by atoms with van der Waals surface area (Å²) in [6.45, 7) is 0.848. The Bertz CT molecular complexity index is 329. The topological polar surface area (TPSA) is 52.3 Å². The van der Waals surface area contributed by atoms with E-state index in [1.54, 1.807) is 0 Å². The number of hydrogen-bond donors (Lipinski definition) is 1. The first-order valence-electron chi connectivity index (χ1n) is 4.75. The lowest BCUT2D eigenvalue weighted by Gasteiger charge is -2.08. The molecule has 1 saturated heterocycles. The van der Waals surface area contributed by atoms with E-state index in [-0.39, 0.29) is 12.0 Å². The summed E-state index contributed by atoms with van der Waals surface area (Å²) < 4.78 is 5.51. The number of nitrogens with two attached hydrogens (primary N) is 1. The average molecular weight is 211 g/mol. The average Bonchev–Trinajstić information content (AvgIpc) is 2.75. The SMILES string of the molecule is NC(=O)c1sccc1C[C@H]1CCCO1. The van der Waals surface area contributed by atoms with Crippen LogP contribution >= 0.6 is 11.3 Å². The molecule has 76 valence electrons. The molecule has 0 saturated carbocycles. The van der Waals surface area contributed by atoms with E-state index in [0.29, 0.717) is 4.88 Å². The first kappa shape index (κ1) is 9.68. The number of rotatable bonds is 3. The standard InChI is InChI=1S/C10H13NO2S/c11-10(12)9-7(3-5-14-9)6-8-2-1-4-13-8/h3,5,8H,1-2,4,6H2,(H2,11,12)/t8-/m1/s1. The van der Waals surface area contributed by atoms with Crippen LogP contribution in [0.15, 0.2) is 11.4 Å². The molecule has 1 fully saturated rings. The summed E-state index contributed by atoms with van der Waals surface area (Å²) in [5.74, 6) is -0.326. The molecule has 1 aromatic rings. The van der Waals surface area contributed by atoms with Gasteiger partial charge in [0, 0.05) is 13.0 Å². The molecule has 4 heteroatoms. The zero-order valence-corrected chi connectivity index (χ0v) is 8.68. The summed E-state index contributed by atoms with van der Waals surface area (Å²) >= 11 is 1.41. The Hall–Kier alpha value is -0.870. The van der Waals surface area contributed by atoms with Crippen LogP contribution in [0.3, 0.4) is 0 Å². The second kappa shape index (κ2) is 4.11. The Kier molecular flexibility index (Phi) is 2.84. The van der Waals surface area contributed by atoms with Crippen molar-refractivity contribution in [3.8, 4) is 0 Å². The third kappa shape index (κ3) is 1.96. The molecule has 2 heterocycles. The van der Waals surface area contributed by atoms with Crippen LogP contribution in [0, 0.1) is 0 Å². The van der Waals surface area contributed by atoms with Gasteiger partial charge >= 0.3 is 0 Å². The quantitative estimate of drug-likeness (QED) is 0.825. The zero-order valence-electron chi connectivity index (χ0n) is 7.86. The van der Waals surface area contributed by atoms with Gasteiger partial charge in [0.1, 0.15) is 0 Å². The van der Waals surface area contributed by atoms with E-state index in [0.717, 1.165) is 31.4 Å². The maximum absolute atomic E-state index is 11.0. The van der Waals surface area contributed by atoms with Crippen molar-refractivity contribution >= 4 is 17.2 Å². The minimum atomic E-state index is -0.326. The molecule has 2 N–H and O–H groups in total. The fraction of sp³-hybridized carbons (Fsp3) is 0.500. The van der Waals surface area contributed by atoms with E-state index in [1.807, 2.05) is 11.4 Å². The molecule has 0 spiro atoms. The van der Waals surface area contributed by atoms with Gasteiger partial charge in [-0.3, -0.25) is 4.79 Å². The molecule has 2 rings (SSSR count). The van der Waals surface area contributed by atoms with Gasteiger partial charge in [-0.2, -0.15) is 0 Å². The summed E-state index contributed by atoms with van der Waals surface area (Å²) in [4.78, 5) is 11.7. The van der Waals surface area contributed by atoms with Gasteiger partial charge in [-0.05, 0) is 29.9 Å². The van der Waals surface area contributed by atoms with E-state index in [4.69, 9.17) is 10.5 Å². The molecule has 1 aromatic heterocycles. The van der Waals surface area contributed by atoms with Crippen LogP contribution in [0.1, 0.15) is 28.1 Å². The van der Waals surface area contributed by atoms with Crippen molar-refractivity contribution < 1.29 is 9.53 Å². The van der Waals surface area contributed by atoms with Crippen LogP contribution in [0.2, 0.25) is 0 Å². The van der Waals surface area contributed by atoms with Crippen LogP contribution in [-0.2, 0) is 11.2 Å². The molecule has 0 unspecified atom stereocenters. The minimum Gasteiger partial charge on any atom is -0.378 e.